The van der Waals surface area contributed by atoms with Gasteiger partial charge in [0.15, 0.2) is 0 Å². The summed E-state index contributed by atoms with van der Waals surface area (Å²) in [4.78, 5) is 16.4. The minimum Gasteiger partial charge on any atom is -0.444 e. The molecule has 1 heterocycles. The van der Waals surface area contributed by atoms with E-state index in [0.717, 1.165) is 18.5 Å². The number of carbonyl (C=O) groups is 1. The van der Waals surface area contributed by atoms with Crippen molar-refractivity contribution >= 4 is 6.09 Å². The first kappa shape index (κ1) is 26.9. The molecular weight excluding hydrogens is 392 g/mol. The van der Waals surface area contributed by atoms with Crippen LogP contribution in [-0.2, 0) is 11.2 Å². The summed E-state index contributed by atoms with van der Waals surface area (Å²) >= 11 is 0. The number of amides is 1. The third kappa shape index (κ3) is 12.4. The highest BCUT2D eigenvalue weighted by Gasteiger charge is 2.26. The number of rotatable bonds is 12. The lowest BCUT2D eigenvalue weighted by Crippen LogP contribution is -2.44. The quantitative estimate of drug-likeness (QED) is 0.329. The van der Waals surface area contributed by atoms with Gasteiger partial charge in [0.25, 0.3) is 0 Å². The highest BCUT2D eigenvalue weighted by atomic mass is 16.6. The molecule has 6 heteroatoms. The van der Waals surface area contributed by atoms with E-state index in [1.807, 2.05) is 6.07 Å². The van der Waals surface area contributed by atoms with Gasteiger partial charge in [0.1, 0.15) is 11.7 Å². The summed E-state index contributed by atoms with van der Waals surface area (Å²) in [6.45, 7) is 7.03. The molecule has 0 aromatic carbocycles. The fourth-order valence-corrected chi connectivity index (χ4v) is 3.06. The average Bonchev–Trinajstić information content (AvgIpc) is 2.72. The van der Waals surface area contributed by atoms with E-state index >= 15 is 0 Å². The number of carbonyl (C=O) groups excluding carboxylic acids is 1. The Bertz CT molecular complexity index is 703. The smallest absolute Gasteiger partial charge is 0.408 e. The maximum Gasteiger partial charge on any atom is 0.408 e. The second kappa shape index (κ2) is 14.8. The van der Waals surface area contributed by atoms with Crippen LogP contribution in [0.4, 0.5) is 4.79 Å². The predicted octanol–water partition coefficient (Wildman–Crippen LogP) is 4.69. The van der Waals surface area contributed by atoms with E-state index in [-0.39, 0.29) is 0 Å². The van der Waals surface area contributed by atoms with Crippen molar-refractivity contribution in [1.29, 1.82) is 0 Å². The van der Waals surface area contributed by atoms with Crippen molar-refractivity contribution in [2.24, 2.45) is 0 Å². The van der Waals surface area contributed by atoms with Crippen LogP contribution in [-0.4, -0.2) is 39.5 Å². The monoisotopic (exact) mass is 432 g/mol. The van der Waals surface area contributed by atoms with Gasteiger partial charge >= 0.3 is 6.09 Å². The van der Waals surface area contributed by atoms with Crippen molar-refractivity contribution in [2.75, 3.05) is 6.61 Å². The molecule has 0 spiro atoms. The Kier molecular flexibility index (Phi) is 12.9. The van der Waals surface area contributed by atoms with E-state index in [0.29, 0.717) is 12.1 Å². The summed E-state index contributed by atoms with van der Waals surface area (Å²) in [7, 11) is 0. The molecule has 0 aliphatic rings. The molecule has 0 bridgehead atoms. The molecule has 1 aromatic rings. The van der Waals surface area contributed by atoms with Crippen LogP contribution in [0.15, 0.2) is 18.2 Å². The number of nitrogens with zero attached hydrogens (tertiary/aromatic N) is 1. The average molecular weight is 433 g/mol. The van der Waals surface area contributed by atoms with Crippen LogP contribution in [0.3, 0.4) is 0 Å². The molecule has 0 saturated heterocycles. The zero-order chi connectivity index (χ0) is 23.1. The van der Waals surface area contributed by atoms with Crippen LogP contribution in [0.1, 0.15) is 96.6 Å². The molecule has 0 saturated carbocycles. The van der Waals surface area contributed by atoms with E-state index in [1.165, 1.54) is 38.5 Å². The van der Waals surface area contributed by atoms with Gasteiger partial charge < -0.3 is 20.3 Å². The third-order valence-electron chi connectivity index (χ3n) is 4.71. The van der Waals surface area contributed by atoms with Crippen molar-refractivity contribution in [3.05, 3.63) is 29.6 Å². The van der Waals surface area contributed by atoms with E-state index in [2.05, 4.69) is 29.1 Å². The van der Waals surface area contributed by atoms with E-state index in [9.17, 15) is 15.0 Å². The molecule has 0 aliphatic heterocycles. The Balaban J connectivity index is 2.50. The molecule has 1 amide bonds. The van der Waals surface area contributed by atoms with Crippen molar-refractivity contribution in [3.63, 3.8) is 0 Å². The number of aromatic nitrogens is 1. The van der Waals surface area contributed by atoms with Crippen LogP contribution >= 0.6 is 0 Å². The second-order valence-electron chi connectivity index (χ2n) is 8.84. The van der Waals surface area contributed by atoms with Gasteiger partial charge in [-0.05, 0) is 39.3 Å². The van der Waals surface area contributed by atoms with Crippen LogP contribution < -0.4 is 5.32 Å². The van der Waals surface area contributed by atoms with Crippen molar-refractivity contribution in [3.8, 4) is 11.8 Å². The minimum absolute atomic E-state index is 0.376. The Morgan fingerprint density at radius 2 is 1.81 bits per heavy atom. The Hall–Kier alpha value is -2.10. The molecule has 0 radical (unpaired) electrons. The molecule has 174 valence electrons. The number of aliphatic hydroxyl groups excluding tert-OH is 2. The first-order chi connectivity index (χ1) is 14.8. The first-order valence-corrected chi connectivity index (χ1v) is 11.5. The Morgan fingerprint density at radius 1 is 1.13 bits per heavy atom. The van der Waals surface area contributed by atoms with Gasteiger partial charge in [0, 0.05) is 6.42 Å². The maximum atomic E-state index is 12.0. The van der Waals surface area contributed by atoms with Crippen molar-refractivity contribution in [1.82, 2.24) is 10.3 Å². The van der Waals surface area contributed by atoms with Gasteiger partial charge in [0.05, 0.1) is 30.5 Å². The molecular formula is C25H40N2O4. The number of ether oxygens (including phenoxy) is 1. The number of hydrogen-bond donors (Lipinski definition) is 3. The second-order valence-corrected chi connectivity index (χ2v) is 8.84. The molecule has 0 fully saturated rings. The highest BCUT2D eigenvalue weighted by Crippen LogP contribution is 2.16. The molecule has 2 atom stereocenters. The summed E-state index contributed by atoms with van der Waals surface area (Å²) < 4.78 is 5.19. The van der Waals surface area contributed by atoms with Gasteiger partial charge in [-0.25, -0.2) is 4.79 Å². The summed E-state index contributed by atoms with van der Waals surface area (Å²) in [6, 6.07) is 4.40. The highest BCUT2D eigenvalue weighted by molar-refractivity contribution is 5.68. The normalized spacial score (nSPS) is 13.1. The van der Waals surface area contributed by atoms with E-state index in [4.69, 9.17) is 4.74 Å². The fraction of sp³-hybridized carbons (Fsp3) is 0.680. The van der Waals surface area contributed by atoms with Crippen LogP contribution in [0.5, 0.6) is 0 Å². The Labute approximate surface area is 187 Å². The molecule has 1 rings (SSSR count). The summed E-state index contributed by atoms with van der Waals surface area (Å²) in [5.41, 5.74) is 0.458. The number of aliphatic hydroxyl groups is 2. The zero-order valence-corrected chi connectivity index (χ0v) is 19.6. The lowest BCUT2D eigenvalue weighted by Gasteiger charge is -2.25. The fourth-order valence-electron chi connectivity index (χ4n) is 3.06. The SMILES string of the molecule is CCCCCCCCCC#CCc1cccc(C(O)C(CO)NC(=O)OC(C)(C)C)n1. The van der Waals surface area contributed by atoms with Crippen molar-refractivity contribution in [2.45, 2.75) is 103 Å². The molecule has 1 aromatic heterocycles. The van der Waals surface area contributed by atoms with Crippen LogP contribution in [0.2, 0.25) is 0 Å². The molecule has 3 N–H and O–H groups in total. The lowest BCUT2D eigenvalue weighted by atomic mass is 10.1. The lowest BCUT2D eigenvalue weighted by molar-refractivity contribution is 0.0343. The van der Waals surface area contributed by atoms with E-state index < -0.39 is 30.4 Å². The predicted molar refractivity (Wildman–Crippen MR) is 124 cm³/mol. The van der Waals surface area contributed by atoms with Gasteiger partial charge in [0.2, 0.25) is 0 Å². The molecule has 31 heavy (non-hydrogen) atoms. The summed E-state index contributed by atoms with van der Waals surface area (Å²) in [6.07, 6.45) is 8.44. The first-order valence-electron chi connectivity index (χ1n) is 11.5. The molecule has 2 unspecified atom stereocenters. The van der Waals surface area contributed by atoms with Gasteiger partial charge in [-0.2, -0.15) is 0 Å². The van der Waals surface area contributed by atoms with Gasteiger partial charge in [-0.3, -0.25) is 4.98 Å². The number of unbranched alkanes of at least 4 members (excludes halogenated alkanes) is 7. The van der Waals surface area contributed by atoms with Crippen LogP contribution in [0.25, 0.3) is 0 Å². The third-order valence-corrected chi connectivity index (χ3v) is 4.71. The summed E-state index contributed by atoms with van der Waals surface area (Å²) in [5.74, 6) is 6.35. The minimum atomic E-state index is -1.15. The maximum absolute atomic E-state index is 12.0. The largest absolute Gasteiger partial charge is 0.444 e. The molecule has 6 nitrogen and oxygen atoms in total. The van der Waals surface area contributed by atoms with Crippen molar-refractivity contribution < 1.29 is 19.7 Å². The topological polar surface area (TPSA) is 91.7 Å². The summed E-state index contributed by atoms with van der Waals surface area (Å²) in [5, 5.41) is 22.7. The molecule has 0 aliphatic carbocycles. The number of pyridine rings is 1. The Morgan fingerprint density at radius 3 is 2.45 bits per heavy atom. The van der Waals surface area contributed by atoms with Crippen LogP contribution in [0, 0.1) is 11.8 Å². The number of nitrogens with one attached hydrogen (secondary N) is 1. The number of alkyl carbamates (subject to hydrolysis) is 1. The van der Waals surface area contributed by atoms with Gasteiger partial charge in [-0.1, -0.05) is 57.4 Å². The zero-order valence-electron chi connectivity index (χ0n) is 19.6. The number of hydrogen-bond acceptors (Lipinski definition) is 5. The van der Waals surface area contributed by atoms with Gasteiger partial charge in [-0.15, -0.1) is 5.92 Å². The standard InChI is InChI=1S/C25H40N2O4/c1-5-6-7-8-9-10-11-12-13-14-16-20-17-15-18-21(26-20)23(29)22(19-28)27-24(30)31-25(2,3)4/h15,17-18,22-23,28-29H,5-12,16,19H2,1-4H3,(H,27,30). The van der Waals surface area contributed by atoms with E-state index in [1.54, 1.807) is 32.9 Å².